The van der Waals surface area contributed by atoms with E-state index in [1.807, 2.05) is 0 Å². The third-order valence-electron chi connectivity index (χ3n) is 0. The van der Waals surface area contributed by atoms with Crippen LogP contribution in [0.2, 0.25) is 0 Å². The fourth-order valence-corrected chi connectivity index (χ4v) is 0. The van der Waals surface area contributed by atoms with Crippen molar-refractivity contribution >= 4 is 23.7 Å². The van der Waals surface area contributed by atoms with E-state index >= 15 is 0 Å². The molecule has 0 radical (unpaired) electrons. The molecule has 0 aromatic rings. The SMILES string of the molecule is O.O.O.O.[F][Pb]([F])([F])[F]. The van der Waals surface area contributed by atoms with Gasteiger partial charge in [-0.3, -0.25) is 0 Å². The van der Waals surface area contributed by atoms with Crippen molar-refractivity contribution in [2.24, 2.45) is 0 Å². The second-order valence-electron chi connectivity index (χ2n) is 0.429. The van der Waals surface area contributed by atoms with Crippen molar-refractivity contribution < 1.29 is 31.9 Å². The predicted molar refractivity (Wildman–Crippen MR) is 24.6 cm³/mol. The molecule has 4 nitrogen and oxygen atoms in total. The fraction of sp³-hybridized carbons (Fsp3) is 0. The summed E-state index contributed by atoms with van der Waals surface area (Å²) in [5.41, 5.74) is 0. The van der Waals surface area contributed by atoms with Gasteiger partial charge in [0.15, 0.2) is 0 Å². The molecule has 0 saturated carbocycles. The summed E-state index contributed by atoms with van der Waals surface area (Å²) in [5.74, 6) is 0. The van der Waals surface area contributed by atoms with Crippen molar-refractivity contribution in [3.63, 3.8) is 0 Å². The minimum atomic E-state index is -7.28. The zero-order valence-corrected chi connectivity index (χ0v) is 7.90. The van der Waals surface area contributed by atoms with Crippen molar-refractivity contribution in [2.45, 2.75) is 0 Å². The molecule has 8 N–H and O–H groups in total. The molecule has 0 spiro atoms. The molecule has 0 bridgehead atoms. The summed E-state index contributed by atoms with van der Waals surface area (Å²) in [6.07, 6.45) is 0. The summed E-state index contributed by atoms with van der Waals surface area (Å²) < 4.78 is 39.6. The molecule has 0 amide bonds. The van der Waals surface area contributed by atoms with Crippen LogP contribution in [0.3, 0.4) is 0 Å². The average Bonchev–Trinajstić information content (AvgIpc) is 0.722. The Balaban J connectivity index is -0.0000000133. The van der Waals surface area contributed by atoms with Gasteiger partial charge in [-0.25, -0.2) is 0 Å². The fourth-order valence-electron chi connectivity index (χ4n) is 0. The van der Waals surface area contributed by atoms with Gasteiger partial charge in [-0.2, -0.15) is 0 Å². The van der Waals surface area contributed by atoms with Crippen molar-refractivity contribution in [1.82, 2.24) is 0 Å². The molecule has 0 saturated heterocycles. The normalized spacial score (nSPS) is 6.67. The monoisotopic (exact) mass is 356 g/mol. The van der Waals surface area contributed by atoms with E-state index < -0.39 is 23.7 Å². The van der Waals surface area contributed by atoms with Crippen LogP contribution >= 0.6 is 0 Å². The molecule has 0 aromatic heterocycles. The van der Waals surface area contributed by atoms with Crippen LogP contribution in [0.15, 0.2) is 0 Å². The van der Waals surface area contributed by atoms with Gasteiger partial charge in [0.1, 0.15) is 0 Å². The van der Waals surface area contributed by atoms with Gasteiger partial charge in [-0.1, -0.05) is 0 Å². The van der Waals surface area contributed by atoms with Gasteiger partial charge in [0.05, 0.1) is 0 Å². The van der Waals surface area contributed by atoms with Crippen LogP contribution < -0.4 is 0 Å². The van der Waals surface area contributed by atoms with Crippen LogP contribution in [0.5, 0.6) is 0 Å². The molecule has 0 aromatic carbocycles. The quantitative estimate of drug-likeness (QED) is 0.352. The van der Waals surface area contributed by atoms with E-state index in [1.165, 1.54) is 0 Å². The Morgan fingerprint density at radius 2 is 0.556 bits per heavy atom. The van der Waals surface area contributed by atoms with Gasteiger partial charge in [-0.05, 0) is 0 Å². The zero-order valence-electron chi connectivity index (χ0n) is 4.01. The summed E-state index contributed by atoms with van der Waals surface area (Å²) in [7, 11) is 0. The van der Waals surface area contributed by atoms with Crippen molar-refractivity contribution in [1.29, 1.82) is 0 Å². The Morgan fingerprint density at radius 1 is 0.556 bits per heavy atom. The molecule has 0 fully saturated rings. The zero-order chi connectivity index (χ0) is 4.50. The first-order valence-corrected chi connectivity index (χ1v) is 6.63. The Labute approximate surface area is 56.1 Å². The minimum absolute atomic E-state index is 0. The molecule has 9 heteroatoms. The first kappa shape index (κ1) is 34.0. The second kappa shape index (κ2) is 11.3. The third-order valence-corrected chi connectivity index (χ3v) is 0. The third kappa shape index (κ3) is 1530. The summed E-state index contributed by atoms with van der Waals surface area (Å²) in [6.45, 7) is 0. The van der Waals surface area contributed by atoms with Crippen molar-refractivity contribution in [2.75, 3.05) is 0 Å². The van der Waals surface area contributed by atoms with Gasteiger partial charge in [-0.15, -0.1) is 0 Å². The number of hydrogen-bond acceptors (Lipinski definition) is 0. The van der Waals surface area contributed by atoms with Crippen molar-refractivity contribution in [3.05, 3.63) is 0 Å². The molecule has 0 rings (SSSR count). The van der Waals surface area contributed by atoms with Crippen LogP contribution in [0.4, 0.5) is 10.0 Å². The molecule has 64 valence electrons. The van der Waals surface area contributed by atoms with Gasteiger partial charge < -0.3 is 21.9 Å². The summed E-state index contributed by atoms with van der Waals surface area (Å²) >= 11 is -7.28. The number of halogens is 4. The maximum atomic E-state index is 9.91. The molecule has 9 heavy (non-hydrogen) atoms. The topological polar surface area (TPSA) is 126 Å². The Kier molecular flexibility index (Phi) is 42.6. The summed E-state index contributed by atoms with van der Waals surface area (Å²) in [4.78, 5) is 0. The van der Waals surface area contributed by atoms with Crippen LogP contribution in [0.25, 0.3) is 0 Å². The Bertz CT molecular complexity index is 28.0. The van der Waals surface area contributed by atoms with E-state index in [9.17, 15) is 10.0 Å². The van der Waals surface area contributed by atoms with Crippen LogP contribution in [0, 0.1) is 0 Å². The number of rotatable bonds is 0. The average molecular weight is 355 g/mol. The summed E-state index contributed by atoms with van der Waals surface area (Å²) in [5, 5.41) is 0. The van der Waals surface area contributed by atoms with E-state index in [-0.39, 0.29) is 21.9 Å². The standard InChI is InChI=1S/4FH.4H2O.Pb/h4*1H;4*1H2;/q;;;;;;;;+4/p-4. The van der Waals surface area contributed by atoms with E-state index in [0.29, 0.717) is 0 Å². The predicted octanol–water partition coefficient (Wildman–Crippen LogP) is -2.00. The second-order valence-corrected chi connectivity index (χ2v) is 3.76. The van der Waals surface area contributed by atoms with E-state index in [4.69, 9.17) is 0 Å². The van der Waals surface area contributed by atoms with Gasteiger partial charge >= 0.3 is 33.7 Å². The molecule has 0 unspecified atom stereocenters. The molecule has 0 aliphatic rings. The van der Waals surface area contributed by atoms with Crippen LogP contribution in [-0.4, -0.2) is 45.6 Å². The molecule has 0 aliphatic heterocycles. The first-order valence-electron chi connectivity index (χ1n) is 0.756. The molecule has 0 heterocycles. The van der Waals surface area contributed by atoms with Gasteiger partial charge in [0.25, 0.3) is 0 Å². The number of hydrogen-bond donors (Lipinski definition) is 0. The maximum absolute atomic E-state index is 9.91. The molecule has 0 aliphatic carbocycles. The van der Waals surface area contributed by atoms with Crippen molar-refractivity contribution in [3.8, 4) is 0 Å². The van der Waals surface area contributed by atoms with E-state index in [1.54, 1.807) is 0 Å². The Morgan fingerprint density at radius 3 is 0.556 bits per heavy atom. The Hall–Kier alpha value is 0.482. The van der Waals surface area contributed by atoms with Gasteiger partial charge in [0, 0.05) is 0 Å². The molecular formula is H8F4O4Pb. The van der Waals surface area contributed by atoms with Crippen LogP contribution in [0.1, 0.15) is 0 Å². The summed E-state index contributed by atoms with van der Waals surface area (Å²) in [6, 6.07) is 0. The van der Waals surface area contributed by atoms with Crippen LogP contribution in [-0.2, 0) is 0 Å². The van der Waals surface area contributed by atoms with E-state index in [2.05, 4.69) is 0 Å². The first-order chi connectivity index (χ1) is 2.00. The van der Waals surface area contributed by atoms with E-state index in [0.717, 1.165) is 0 Å². The molecule has 0 atom stereocenters. The molecular weight excluding hydrogens is 347 g/mol. The van der Waals surface area contributed by atoms with Gasteiger partial charge in [0.2, 0.25) is 0 Å².